The summed E-state index contributed by atoms with van der Waals surface area (Å²) in [6, 6.07) is 2.54. The molecule has 5 rings (SSSR count). The second-order valence-corrected chi connectivity index (χ2v) is 18.0. The zero-order chi connectivity index (χ0) is 46.9. The number of hydrogen-bond donors (Lipinski definition) is 5. The number of aryl methyl sites for hydroxylation is 1. The molecule has 0 saturated heterocycles. The number of fused-ring (bicyclic) bond motifs is 4. The van der Waals surface area contributed by atoms with Crippen molar-refractivity contribution in [3.8, 4) is 5.75 Å². The highest BCUT2D eigenvalue weighted by atomic mass is 16.6. The summed E-state index contributed by atoms with van der Waals surface area (Å²) in [5, 5.41) is 27.3. The zero-order valence-corrected chi connectivity index (χ0v) is 39.0. The van der Waals surface area contributed by atoms with Gasteiger partial charge in [-0.1, -0.05) is 111 Å². The van der Waals surface area contributed by atoms with Crippen molar-refractivity contribution in [1.29, 1.82) is 0 Å². The largest absolute Gasteiger partial charge is 0.480 e. The molecule has 0 saturated carbocycles. The van der Waals surface area contributed by atoms with Crippen molar-refractivity contribution in [3.63, 3.8) is 0 Å². The predicted octanol–water partition coefficient (Wildman–Crippen LogP) is 7.32. The van der Waals surface area contributed by atoms with Gasteiger partial charge in [-0.3, -0.25) is 24.2 Å². The van der Waals surface area contributed by atoms with Gasteiger partial charge in [-0.15, -0.1) is 0 Å². The molecule has 0 bridgehead atoms. The first-order valence-electron chi connectivity index (χ1n) is 24.5. The van der Waals surface area contributed by atoms with Crippen LogP contribution in [0.3, 0.4) is 0 Å². The highest BCUT2D eigenvalue weighted by Gasteiger charge is 2.52. The summed E-state index contributed by atoms with van der Waals surface area (Å²) in [6.45, 7) is 6.42. The third kappa shape index (κ3) is 13.4. The van der Waals surface area contributed by atoms with Crippen LogP contribution in [0.5, 0.6) is 5.75 Å². The predicted molar refractivity (Wildman–Crippen MR) is 246 cm³/mol. The van der Waals surface area contributed by atoms with E-state index in [2.05, 4.69) is 17.6 Å². The Morgan fingerprint density at radius 3 is 2.12 bits per heavy atom. The molecule has 358 valence electrons. The summed E-state index contributed by atoms with van der Waals surface area (Å²) in [5.41, 5.74) is 7.68. The molecule has 3 amide bonds. The first-order valence-corrected chi connectivity index (χ1v) is 24.5. The number of rotatable bonds is 29. The molecule has 1 aromatic carbocycles. The number of esters is 2. The lowest BCUT2D eigenvalue weighted by molar-refractivity contribution is -0.165. The number of benzene rings is 1. The molecule has 4 atom stereocenters. The molecular weight excluding hydrogens is 831 g/mol. The van der Waals surface area contributed by atoms with E-state index in [9.17, 15) is 39.0 Å². The van der Waals surface area contributed by atoms with Crippen molar-refractivity contribution in [2.45, 2.75) is 199 Å². The van der Waals surface area contributed by atoms with Gasteiger partial charge < -0.3 is 41.0 Å². The van der Waals surface area contributed by atoms with E-state index >= 15 is 0 Å². The molecule has 6 N–H and O–H groups in total. The average molecular weight is 904 g/mol. The minimum Gasteiger partial charge on any atom is -0.480 e. The fourth-order valence-corrected chi connectivity index (χ4v) is 9.56. The smallest absolute Gasteiger partial charge is 0.342 e. The number of nitrogens with zero attached hydrogens (tertiary/aromatic N) is 2. The number of nitrogens with one attached hydrogen (secondary N) is 2. The third-order valence-corrected chi connectivity index (χ3v) is 13.4. The van der Waals surface area contributed by atoms with Crippen LogP contribution in [0.1, 0.15) is 185 Å². The van der Waals surface area contributed by atoms with Gasteiger partial charge in [-0.05, 0) is 86.4 Å². The highest BCUT2D eigenvalue weighted by molar-refractivity contribution is 6.01. The maximum atomic E-state index is 13.7. The Labute approximate surface area is 384 Å². The van der Waals surface area contributed by atoms with Crippen molar-refractivity contribution in [2.75, 3.05) is 13.2 Å². The van der Waals surface area contributed by atoms with Gasteiger partial charge >= 0.3 is 17.9 Å². The fourth-order valence-electron chi connectivity index (χ4n) is 9.56. The molecule has 1 aromatic heterocycles. The van der Waals surface area contributed by atoms with Gasteiger partial charge in [0, 0.05) is 18.4 Å². The van der Waals surface area contributed by atoms with E-state index in [-0.39, 0.29) is 50.4 Å². The molecule has 15 heteroatoms. The summed E-state index contributed by atoms with van der Waals surface area (Å²) in [7, 11) is 0. The van der Waals surface area contributed by atoms with Crippen molar-refractivity contribution >= 4 is 46.5 Å². The van der Waals surface area contributed by atoms with Crippen LogP contribution in [0.4, 0.5) is 0 Å². The quantitative estimate of drug-likeness (QED) is 0.0308. The van der Waals surface area contributed by atoms with E-state index in [0.29, 0.717) is 67.6 Å². The van der Waals surface area contributed by atoms with E-state index in [4.69, 9.17) is 20.2 Å². The first kappa shape index (κ1) is 51.1. The molecular formula is C50H73N5O10. The number of unbranched alkanes of at least 4 members (excludes halogenated alkanes) is 14. The molecule has 65 heavy (non-hydrogen) atoms. The average Bonchev–Trinajstić information content (AvgIpc) is 3.66. The lowest BCUT2D eigenvalue weighted by Gasteiger charge is -2.41. The number of carboxylic acid groups (broad SMARTS) is 1. The third-order valence-electron chi connectivity index (χ3n) is 13.4. The molecule has 3 aliphatic heterocycles. The maximum Gasteiger partial charge on any atom is 0.342 e. The summed E-state index contributed by atoms with van der Waals surface area (Å²) >= 11 is 0. The molecule has 3 unspecified atom stereocenters. The molecule has 2 aromatic rings. The van der Waals surface area contributed by atoms with Crippen LogP contribution < -0.4 is 21.1 Å². The van der Waals surface area contributed by atoms with Gasteiger partial charge in [-0.2, -0.15) is 0 Å². The lowest BCUT2D eigenvalue weighted by Crippen LogP contribution is -2.51. The number of aliphatic carboxylic acids is 1. The van der Waals surface area contributed by atoms with Crippen LogP contribution in [0.2, 0.25) is 0 Å². The number of cyclic esters (lactones) is 1. The van der Waals surface area contributed by atoms with Gasteiger partial charge in [0.1, 0.15) is 24.4 Å². The number of hydrogen-bond acceptors (Lipinski definition) is 11. The second-order valence-electron chi connectivity index (χ2n) is 18.0. The summed E-state index contributed by atoms with van der Waals surface area (Å²) in [5.74, 6) is -3.69. The van der Waals surface area contributed by atoms with E-state index in [1.807, 2.05) is 6.92 Å². The molecule has 0 aliphatic carbocycles. The summed E-state index contributed by atoms with van der Waals surface area (Å²) in [4.78, 5) is 84.7. The highest BCUT2D eigenvalue weighted by Crippen LogP contribution is 2.48. The fraction of sp³-hybridized carbons (Fsp3) is 0.660. The summed E-state index contributed by atoms with van der Waals surface area (Å²) in [6.07, 6.45) is 18.7. The van der Waals surface area contributed by atoms with E-state index in [0.717, 1.165) is 35.8 Å². The Morgan fingerprint density at radius 1 is 0.877 bits per heavy atom. The van der Waals surface area contributed by atoms with Gasteiger partial charge in [0.2, 0.25) is 11.8 Å². The number of aliphatic hydroxyl groups is 1. The Hall–Kier alpha value is -4.89. The van der Waals surface area contributed by atoms with Crippen LogP contribution in [-0.4, -0.2) is 86.6 Å². The minimum atomic E-state index is -1.86. The number of carbonyl (C=O) groups excluding carboxylic acids is 5. The number of carbonyl (C=O) groups is 6. The van der Waals surface area contributed by atoms with Crippen LogP contribution in [-0.2, 0) is 46.5 Å². The topological polar surface area (TPSA) is 228 Å². The van der Waals surface area contributed by atoms with Crippen LogP contribution in [0.25, 0.3) is 10.9 Å². The number of nitrogens with two attached hydrogens (primary N) is 1. The van der Waals surface area contributed by atoms with E-state index < -0.39 is 53.4 Å². The zero-order valence-electron chi connectivity index (χ0n) is 39.0. The van der Waals surface area contributed by atoms with Crippen molar-refractivity contribution in [1.82, 2.24) is 20.5 Å². The van der Waals surface area contributed by atoms with Crippen LogP contribution in [0.15, 0.2) is 29.3 Å². The number of carboxylic acids is 1. The Morgan fingerprint density at radius 2 is 1.51 bits per heavy atom. The second kappa shape index (κ2) is 25.1. The monoisotopic (exact) mass is 904 g/mol. The minimum absolute atomic E-state index is 0.0799. The van der Waals surface area contributed by atoms with E-state index in [1.165, 1.54) is 64.2 Å². The van der Waals surface area contributed by atoms with Gasteiger partial charge in [0.05, 0.1) is 29.2 Å². The van der Waals surface area contributed by atoms with Crippen LogP contribution >= 0.6 is 0 Å². The number of ether oxygens (including phenoxy) is 2. The number of aromatic nitrogens is 1. The number of amides is 3. The van der Waals surface area contributed by atoms with Gasteiger partial charge in [0.25, 0.3) is 5.91 Å². The summed E-state index contributed by atoms with van der Waals surface area (Å²) < 4.78 is 10.9. The Kier molecular flexibility index (Phi) is 19.8. The van der Waals surface area contributed by atoms with Crippen molar-refractivity contribution in [3.05, 3.63) is 46.2 Å². The van der Waals surface area contributed by atoms with Gasteiger partial charge in [-0.25, -0.2) is 9.59 Å². The SMILES string of the molecule is CCCCCCCCCCCCCCCCC(NC(=O)C(CCCCN)NC(=O)CCC(=O)Oc1ccc2nc3c(c(CC)c2c1)CN1C(=O)C2=C(CC31)[C@@](O)(CC)C(=O)OC2)C(=O)O. The molecule has 0 radical (unpaired) electrons. The Bertz CT molecular complexity index is 2040. The Balaban J connectivity index is 1.10. The normalized spacial score (nSPS) is 18.7. The molecule has 4 heterocycles. The molecule has 15 nitrogen and oxygen atoms in total. The lowest BCUT2D eigenvalue weighted by atomic mass is 9.79. The number of pyridine rings is 1. The molecule has 0 fully saturated rings. The van der Waals surface area contributed by atoms with E-state index in [1.54, 1.807) is 30.0 Å². The molecule has 0 spiro atoms. The van der Waals surface area contributed by atoms with Gasteiger partial charge in [0.15, 0.2) is 5.60 Å². The first-order chi connectivity index (χ1) is 31.4. The van der Waals surface area contributed by atoms with Crippen molar-refractivity contribution in [2.24, 2.45) is 5.73 Å². The molecule has 3 aliphatic rings. The van der Waals surface area contributed by atoms with Crippen LogP contribution in [0, 0.1) is 0 Å². The van der Waals surface area contributed by atoms with Crippen molar-refractivity contribution < 1.29 is 48.5 Å². The maximum absolute atomic E-state index is 13.7. The standard InChI is InChI=1S/C50H73N5O10/c1-4-7-8-9-10-11-12-13-14-15-16-17-18-19-23-41(48(60)61)54-46(58)40(22-20-21-28-51)52-43(56)26-27-44(57)65-33-24-25-39-35(29-33)34(5-2)36-31-55-42(45(36)53-39)30-38-37(47(55)59)32-64-49(62)50(38,63)6-3/h24-25,29,40-42,63H,4-23,26-28,30-32,51H2,1-3H3,(H,52,56)(H,54,58)(H,60,61)/t40?,41?,42?,50-/m0/s1.